The molecule has 1 amide bonds. The van der Waals surface area contributed by atoms with E-state index in [0.717, 1.165) is 58.1 Å². The van der Waals surface area contributed by atoms with Crippen molar-refractivity contribution in [3.05, 3.63) is 0 Å². The number of hydrogen-bond acceptors (Lipinski definition) is 6. The molecule has 1 fully saturated rings. The van der Waals surface area contributed by atoms with Crippen molar-refractivity contribution >= 4 is 11.9 Å². The molecule has 0 N–H and O–H groups in total. The van der Waals surface area contributed by atoms with Crippen molar-refractivity contribution in [3.8, 4) is 0 Å². The second kappa shape index (κ2) is 18.4. The van der Waals surface area contributed by atoms with E-state index in [2.05, 4.69) is 6.92 Å². The lowest BCUT2D eigenvalue weighted by Crippen LogP contribution is -2.32. The molecule has 0 saturated carbocycles. The Labute approximate surface area is 189 Å². The number of hydrogen-bond donors (Lipinski definition) is 0. The maximum absolute atomic E-state index is 12.0. The number of rotatable bonds is 18. The summed E-state index contributed by atoms with van der Waals surface area (Å²) in [5, 5.41) is 0. The summed E-state index contributed by atoms with van der Waals surface area (Å²) in [5.41, 5.74) is 0. The molecule has 7 nitrogen and oxygen atoms in total. The monoisotopic (exact) mass is 443 g/mol. The number of carbonyl (C=O) groups excluding carboxylic acids is 2. The fourth-order valence-electron chi connectivity index (χ4n) is 3.74. The fourth-order valence-corrected chi connectivity index (χ4v) is 3.74. The van der Waals surface area contributed by atoms with Crippen molar-refractivity contribution in [2.75, 3.05) is 39.5 Å². The molecule has 1 saturated heterocycles. The minimum absolute atomic E-state index is 0.00556. The Morgan fingerprint density at radius 3 is 2.48 bits per heavy atom. The van der Waals surface area contributed by atoms with Crippen molar-refractivity contribution in [2.24, 2.45) is 0 Å². The van der Waals surface area contributed by atoms with Gasteiger partial charge in [0.25, 0.3) is 0 Å². The van der Waals surface area contributed by atoms with Crippen molar-refractivity contribution in [3.63, 3.8) is 0 Å². The van der Waals surface area contributed by atoms with Crippen LogP contribution in [0, 0.1) is 0 Å². The standard InChI is InChI=1S/C24H45NO6/c1-4-6-7-13-22(31-24-15-8-10-19-30-24)14-12-17-25(21(3)26)16-9-11-18-28-20-23(27)29-5-2/h22,24H,4-20H2,1-3H3. The Balaban J connectivity index is 2.27. The number of unbranched alkanes of at least 4 members (excludes halogenated alkanes) is 3. The van der Waals surface area contributed by atoms with Gasteiger partial charge in [0.1, 0.15) is 6.61 Å². The zero-order valence-electron chi connectivity index (χ0n) is 20.1. The van der Waals surface area contributed by atoms with Gasteiger partial charge in [-0.25, -0.2) is 4.79 Å². The smallest absolute Gasteiger partial charge is 0.332 e. The molecule has 182 valence electrons. The van der Waals surface area contributed by atoms with E-state index in [1.54, 1.807) is 13.8 Å². The summed E-state index contributed by atoms with van der Waals surface area (Å²) in [4.78, 5) is 25.2. The summed E-state index contributed by atoms with van der Waals surface area (Å²) < 4.78 is 22.2. The number of carbonyl (C=O) groups is 2. The molecule has 2 unspecified atom stereocenters. The van der Waals surface area contributed by atoms with Crippen molar-refractivity contribution in [2.45, 2.75) is 104 Å². The first-order valence-electron chi connectivity index (χ1n) is 12.3. The van der Waals surface area contributed by atoms with Crippen LogP contribution in [0.4, 0.5) is 0 Å². The van der Waals surface area contributed by atoms with Gasteiger partial charge < -0.3 is 23.8 Å². The molecule has 1 aliphatic heterocycles. The maximum atomic E-state index is 12.0. The molecule has 31 heavy (non-hydrogen) atoms. The molecule has 1 rings (SSSR count). The Bertz CT molecular complexity index is 467. The molecule has 0 bridgehead atoms. The van der Waals surface area contributed by atoms with Gasteiger partial charge in [-0.3, -0.25) is 4.79 Å². The lowest BCUT2D eigenvalue weighted by molar-refractivity contribution is -0.191. The average molecular weight is 444 g/mol. The third kappa shape index (κ3) is 14.5. The molecule has 1 aliphatic rings. The average Bonchev–Trinajstić information content (AvgIpc) is 2.75. The van der Waals surface area contributed by atoms with E-state index >= 15 is 0 Å². The first kappa shape index (κ1) is 27.9. The highest BCUT2D eigenvalue weighted by Crippen LogP contribution is 2.20. The zero-order valence-corrected chi connectivity index (χ0v) is 20.1. The lowest BCUT2D eigenvalue weighted by atomic mass is 10.1. The molecule has 0 aromatic heterocycles. The normalized spacial score (nSPS) is 17.3. The van der Waals surface area contributed by atoms with Crippen LogP contribution in [0.3, 0.4) is 0 Å². The number of nitrogens with zero attached hydrogens (tertiary/aromatic N) is 1. The van der Waals surface area contributed by atoms with Gasteiger partial charge in [-0.1, -0.05) is 26.2 Å². The minimum atomic E-state index is -0.331. The van der Waals surface area contributed by atoms with E-state index in [-0.39, 0.29) is 30.9 Å². The van der Waals surface area contributed by atoms with Crippen LogP contribution in [0.2, 0.25) is 0 Å². The number of ether oxygens (including phenoxy) is 4. The Morgan fingerprint density at radius 2 is 1.81 bits per heavy atom. The van der Waals surface area contributed by atoms with Crippen LogP contribution in [0.5, 0.6) is 0 Å². The molecule has 0 aliphatic carbocycles. The third-order valence-electron chi connectivity index (χ3n) is 5.50. The predicted molar refractivity (Wildman–Crippen MR) is 121 cm³/mol. The molecule has 0 spiro atoms. The van der Waals surface area contributed by atoms with Gasteiger partial charge in [0, 0.05) is 33.2 Å². The number of amides is 1. The molecule has 0 radical (unpaired) electrons. The summed E-state index contributed by atoms with van der Waals surface area (Å²) in [7, 11) is 0. The molecular weight excluding hydrogens is 398 g/mol. The van der Waals surface area contributed by atoms with E-state index in [4.69, 9.17) is 18.9 Å². The van der Waals surface area contributed by atoms with E-state index in [0.29, 0.717) is 19.8 Å². The Kier molecular flexibility index (Phi) is 16.5. The van der Waals surface area contributed by atoms with Gasteiger partial charge in [-0.15, -0.1) is 0 Å². The van der Waals surface area contributed by atoms with Gasteiger partial charge in [-0.2, -0.15) is 0 Å². The molecule has 0 aromatic rings. The molecule has 7 heteroatoms. The lowest BCUT2D eigenvalue weighted by Gasteiger charge is -2.28. The molecular formula is C24H45NO6. The summed E-state index contributed by atoms with van der Waals surface area (Å²) in [6.07, 6.45) is 11.7. The second-order valence-electron chi connectivity index (χ2n) is 8.26. The van der Waals surface area contributed by atoms with Crippen LogP contribution in [-0.2, 0) is 28.5 Å². The van der Waals surface area contributed by atoms with E-state index in [1.807, 2.05) is 4.90 Å². The number of esters is 1. The Morgan fingerprint density at radius 1 is 1.03 bits per heavy atom. The molecule has 0 aromatic carbocycles. The van der Waals surface area contributed by atoms with Crippen LogP contribution < -0.4 is 0 Å². The minimum Gasteiger partial charge on any atom is -0.464 e. The van der Waals surface area contributed by atoms with Gasteiger partial charge in [0.05, 0.1) is 12.7 Å². The van der Waals surface area contributed by atoms with Gasteiger partial charge in [0.2, 0.25) is 5.91 Å². The van der Waals surface area contributed by atoms with Gasteiger partial charge >= 0.3 is 5.97 Å². The first-order chi connectivity index (χ1) is 15.1. The van der Waals surface area contributed by atoms with Crippen molar-refractivity contribution in [1.29, 1.82) is 0 Å². The highest BCUT2D eigenvalue weighted by molar-refractivity contribution is 5.73. The molecule has 2 atom stereocenters. The van der Waals surface area contributed by atoms with Crippen molar-refractivity contribution in [1.82, 2.24) is 4.90 Å². The highest BCUT2D eigenvalue weighted by atomic mass is 16.7. The second-order valence-corrected chi connectivity index (χ2v) is 8.26. The highest BCUT2D eigenvalue weighted by Gasteiger charge is 2.20. The summed E-state index contributed by atoms with van der Waals surface area (Å²) in [6.45, 7) is 8.74. The topological polar surface area (TPSA) is 74.3 Å². The zero-order chi connectivity index (χ0) is 22.7. The Hall–Kier alpha value is -1.18. The van der Waals surface area contributed by atoms with Crippen LogP contribution >= 0.6 is 0 Å². The SMILES string of the molecule is CCCCCC(CCCN(CCCCOCC(=O)OCC)C(C)=O)OC1CCCCO1. The van der Waals surface area contributed by atoms with Crippen LogP contribution in [0.25, 0.3) is 0 Å². The summed E-state index contributed by atoms with van der Waals surface area (Å²) in [5.74, 6) is -0.228. The fraction of sp³-hybridized carbons (Fsp3) is 0.917. The van der Waals surface area contributed by atoms with Crippen LogP contribution in [-0.4, -0.2) is 68.7 Å². The third-order valence-corrected chi connectivity index (χ3v) is 5.50. The summed E-state index contributed by atoms with van der Waals surface area (Å²) >= 11 is 0. The van der Waals surface area contributed by atoms with Crippen LogP contribution in [0.15, 0.2) is 0 Å². The van der Waals surface area contributed by atoms with Gasteiger partial charge in [0.15, 0.2) is 6.29 Å². The predicted octanol–water partition coefficient (Wildman–Crippen LogP) is 4.47. The maximum Gasteiger partial charge on any atom is 0.332 e. The van der Waals surface area contributed by atoms with Gasteiger partial charge in [-0.05, 0) is 58.3 Å². The van der Waals surface area contributed by atoms with Crippen LogP contribution in [0.1, 0.15) is 91.4 Å². The van der Waals surface area contributed by atoms with E-state index in [1.165, 1.54) is 25.7 Å². The van der Waals surface area contributed by atoms with Crippen molar-refractivity contribution < 1.29 is 28.5 Å². The van der Waals surface area contributed by atoms with E-state index in [9.17, 15) is 9.59 Å². The largest absolute Gasteiger partial charge is 0.464 e. The summed E-state index contributed by atoms with van der Waals surface area (Å²) in [6, 6.07) is 0. The molecule has 1 heterocycles. The quantitative estimate of drug-likeness (QED) is 0.230. The van der Waals surface area contributed by atoms with E-state index < -0.39 is 0 Å². The first-order valence-corrected chi connectivity index (χ1v) is 12.3.